The van der Waals surface area contributed by atoms with E-state index in [0.29, 0.717) is 46.2 Å². The van der Waals surface area contributed by atoms with Crippen molar-refractivity contribution in [3.63, 3.8) is 0 Å². The van der Waals surface area contributed by atoms with Gasteiger partial charge in [-0.25, -0.2) is 0 Å². The van der Waals surface area contributed by atoms with Crippen molar-refractivity contribution in [3.8, 4) is 0 Å². The van der Waals surface area contributed by atoms with Gasteiger partial charge in [-0.05, 0) is 0 Å². The molecular weight excluding hydrogens is 272 g/mol. The first kappa shape index (κ1) is 19.7. The predicted molar refractivity (Wildman–Crippen MR) is 69.3 cm³/mol. The third kappa shape index (κ3) is 11.5. The molecule has 2 N–H and O–H groups in total. The molecule has 0 aliphatic rings. The lowest BCUT2D eigenvalue weighted by molar-refractivity contribution is -0.357. The Labute approximate surface area is 119 Å². The van der Waals surface area contributed by atoms with Crippen LogP contribution in [-0.4, -0.2) is 89.9 Å². The second-order valence-corrected chi connectivity index (χ2v) is 3.73. The van der Waals surface area contributed by atoms with Crippen LogP contribution in [0, 0.1) is 0 Å². The minimum Gasteiger partial charge on any atom is -0.394 e. The highest BCUT2D eigenvalue weighted by Crippen LogP contribution is 2.05. The first-order valence-electron chi connectivity index (χ1n) is 6.43. The number of aliphatic hydroxyl groups excluding tert-OH is 1. The monoisotopic (exact) mass is 298 g/mol. The van der Waals surface area contributed by atoms with Crippen LogP contribution in [0.25, 0.3) is 0 Å². The van der Waals surface area contributed by atoms with Crippen molar-refractivity contribution in [2.75, 3.05) is 73.7 Å². The van der Waals surface area contributed by atoms with Gasteiger partial charge in [-0.2, -0.15) is 0 Å². The molecule has 122 valence electrons. The van der Waals surface area contributed by atoms with Gasteiger partial charge >= 0.3 is 5.97 Å². The molecule has 0 radical (unpaired) electrons. The third-order valence-electron chi connectivity index (χ3n) is 2.27. The van der Waals surface area contributed by atoms with Gasteiger partial charge < -0.3 is 38.6 Å². The minimum absolute atomic E-state index is 0.0182. The van der Waals surface area contributed by atoms with E-state index in [0.717, 1.165) is 0 Å². The molecule has 0 saturated carbocycles. The molecule has 0 saturated heterocycles. The van der Waals surface area contributed by atoms with Crippen molar-refractivity contribution in [3.05, 3.63) is 0 Å². The van der Waals surface area contributed by atoms with Gasteiger partial charge in [0.25, 0.3) is 0 Å². The maximum atomic E-state index is 9.53. The summed E-state index contributed by atoms with van der Waals surface area (Å²) in [6.45, 7) is 2.77. The summed E-state index contributed by atoms with van der Waals surface area (Å²) in [6, 6.07) is 0. The minimum atomic E-state index is -1.71. The van der Waals surface area contributed by atoms with E-state index in [1.807, 2.05) is 0 Å². The number of methoxy groups -OCH3 is 2. The van der Waals surface area contributed by atoms with Gasteiger partial charge in [0.2, 0.25) is 0 Å². The molecule has 0 unspecified atom stereocenters. The molecular formula is C12H26O8. The number of ether oxygens (including phenoxy) is 6. The summed E-state index contributed by atoms with van der Waals surface area (Å²) in [6.07, 6.45) is 0. The summed E-state index contributed by atoms with van der Waals surface area (Å²) in [4.78, 5) is 0. The second kappa shape index (κ2) is 13.7. The molecule has 20 heavy (non-hydrogen) atoms. The van der Waals surface area contributed by atoms with E-state index in [-0.39, 0.29) is 13.2 Å². The van der Waals surface area contributed by atoms with Crippen LogP contribution in [0.2, 0.25) is 0 Å². The predicted octanol–water partition coefficient (Wildman–Crippen LogP) is -1.02. The summed E-state index contributed by atoms with van der Waals surface area (Å²) in [5.74, 6) is -1.71. The quantitative estimate of drug-likeness (QED) is 0.293. The molecule has 0 bridgehead atoms. The summed E-state index contributed by atoms with van der Waals surface area (Å²) in [5, 5.41) is 18.0. The standard InChI is InChI=1S/C12H26O8/c1-15-12(14,16-2)11-20-10-9-19-8-7-18-6-5-17-4-3-13/h13-14H,3-11H2,1-2H3. The molecule has 0 aromatic carbocycles. The Bertz CT molecular complexity index is 198. The van der Waals surface area contributed by atoms with Gasteiger partial charge in [0.05, 0.1) is 52.9 Å². The Kier molecular flexibility index (Phi) is 13.4. The van der Waals surface area contributed by atoms with Crippen LogP contribution in [0.4, 0.5) is 0 Å². The summed E-state index contributed by atoms with van der Waals surface area (Å²) in [5.41, 5.74) is 0. The van der Waals surface area contributed by atoms with Gasteiger partial charge in [0.15, 0.2) is 0 Å². The largest absolute Gasteiger partial charge is 0.394 e. The van der Waals surface area contributed by atoms with Crippen LogP contribution in [0.15, 0.2) is 0 Å². The van der Waals surface area contributed by atoms with Crippen LogP contribution >= 0.6 is 0 Å². The van der Waals surface area contributed by atoms with E-state index in [1.54, 1.807) is 0 Å². The number of hydrogen-bond acceptors (Lipinski definition) is 8. The number of aliphatic hydroxyl groups is 2. The molecule has 0 heterocycles. The van der Waals surface area contributed by atoms with Gasteiger partial charge in [0.1, 0.15) is 6.61 Å². The molecule has 0 aliphatic carbocycles. The number of hydrogen-bond donors (Lipinski definition) is 2. The van der Waals surface area contributed by atoms with Gasteiger partial charge in [0, 0.05) is 14.2 Å². The van der Waals surface area contributed by atoms with Crippen molar-refractivity contribution < 1.29 is 38.6 Å². The van der Waals surface area contributed by atoms with Crippen molar-refractivity contribution >= 4 is 0 Å². The smallest absolute Gasteiger partial charge is 0.304 e. The summed E-state index contributed by atoms with van der Waals surface area (Å²) >= 11 is 0. The molecule has 0 amide bonds. The zero-order valence-corrected chi connectivity index (χ0v) is 12.2. The fourth-order valence-electron chi connectivity index (χ4n) is 1.13. The van der Waals surface area contributed by atoms with E-state index in [4.69, 9.17) is 33.5 Å². The lowest BCUT2D eigenvalue weighted by Gasteiger charge is -2.23. The van der Waals surface area contributed by atoms with E-state index < -0.39 is 5.97 Å². The van der Waals surface area contributed by atoms with Gasteiger partial charge in [-0.3, -0.25) is 0 Å². The van der Waals surface area contributed by atoms with Crippen molar-refractivity contribution in [2.45, 2.75) is 5.97 Å². The van der Waals surface area contributed by atoms with Crippen molar-refractivity contribution in [1.82, 2.24) is 0 Å². The highest BCUT2D eigenvalue weighted by atomic mass is 16.8. The topological polar surface area (TPSA) is 95.8 Å². The van der Waals surface area contributed by atoms with Crippen LogP contribution in [0.1, 0.15) is 0 Å². The average Bonchev–Trinajstić information content (AvgIpc) is 2.48. The molecule has 0 aliphatic heterocycles. The summed E-state index contributed by atoms with van der Waals surface area (Å²) < 4.78 is 30.0. The fraction of sp³-hybridized carbons (Fsp3) is 1.00. The van der Waals surface area contributed by atoms with Gasteiger partial charge in [-0.1, -0.05) is 0 Å². The summed E-state index contributed by atoms with van der Waals surface area (Å²) in [7, 11) is 2.65. The van der Waals surface area contributed by atoms with Crippen LogP contribution < -0.4 is 0 Å². The van der Waals surface area contributed by atoms with Crippen molar-refractivity contribution in [1.29, 1.82) is 0 Å². The second-order valence-electron chi connectivity index (χ2n) is 3.73. The maximum absolute atomic E-state index is 9.53. The lowest BCUT2D eigenvalue weighted by atomic mass is 10.6. The molecule has 8 nitrogen and oxygen atoms in total. The fourth-order valence-corrected chi connectivity index (χ4v) is 1.13. The Morgan fingerprint density at radius 1 is 0.700 bits per heavy atom. The van der Waals surface area contributed by atoms with E-state index >= 15 is 0 Å². The first-order valence-corrected chi connectivity index (χ1v) is 6.43. The third-order valence-corrected chi connectivity index (χ3v) is 2.27. The van der Waals surface area contributed by atoms with Crippen molar-refractivity contribution in [2.24, 2.45) is 0 Å². The zero-order chi connectivity index (χ0) is 15.1. The average molecular weight is 298 g/mol. The van der Waals surface area contributed by atoms with Gasteiger partial charge in [-0.15, -0.1) is 0 Å². The molecule has 8 heteroatoms. The Morgan fingerprint density at radius 2 is 1.10 bits per heavy atom. The Balaban J connectivity index is 3.17. The molecule has 0 spiro atoms. The lowest BCUT2D eigenvalue weighted by Crippen LogP contribution is -2.39. The molecule has 0 aromatic rings. The maximum Gasteiger partial charge on any atom is 0.304 e. The Hall–Kier alpha value is -0.320. The molecule has 0 fully saturated rings. The van der Waals surface area contributed by atoms with Crippen LogP contribution in [-0.2, 0) is 28.4 Å². The van der Waals surface area contributed by atoms with E-state index in [9.17, 15) is 5.11 Å². The highest BCUT2D eigenvalue weighted by Gasteiger charge is 2.25. The molecule has 0 rings (SSSR count). The van der Waals surface area contributed by atoms with E-state index in [1.165, 1.54) is 14.2 Å². The number of rotatable bonds is 15. The Morgan fingerprint density at radius 3 is 1.50 bits per heavy atom. The highest BCUT2D eigenvalue weighted by molar-refractivity contribution is 4.49. The van der Waals surface area contributed by atoms with E-state index in [2.05, 4.69) is 0 Å². The zero-order valence-electron chi connectivity index (χ0n) is 12.2. The van der Waals surface area contributed by atoms with Crippen LogP contribution in [0.5, 0.6) is 0 Å². The first-order chi connectivity index (χ1) is 9.68. The molecule has 0 aromatic heterocycles. The van der Waals surface area contributed by atoms with Crippen LogP contribution in [0.3, 0.4) is 0 Å². The SMILES string of the molecule is COC(O)(COCCOCCOCCOCCO)OC. The molecule has 0 atom stereocenters. The normalized spacial score (nSPS) is 12.0.